The van der Waals surface area contributed by atoms with Crippen molar-refractivity contribution in [2.75, 3.05) is 5.33 Å². The molecule has 0 saturated heterocycles. The second-order valence-electron chi connectivity index (χ2n) is 1.27. The van der Waals surface area contributed by atoms with Crippen LogP contribution >= 0.6 is 15.9 Å². The van der Waals surface area contributed by atoms with Gasteiger partial charge in [0.05, 0.1) is 0 Å². The Bertz CT molecular complexity index is 55.0. The lowest BCUT2D eigenvalue weighted by Crippen LogP contribution is -1.69. The SMILES string of the molecule is CC=C(C)CBr. The van der Waals surface area contributed by atoms with Gasteiger partial charge in [-0.05, 0) is 13.8 Å². The molecule has 0 heterocycles. The minimum absolute atomic E-state index is 1.00. The topological polar surface area (TPSA) is 0 Å². The smallest absolute Gasteiger partial charge is 0.0238 e. The molecule has 36 valence electrons. The fourth-order valence-electron chi connectivity index (χ4n) is 0.0772. The third-order valence-corrected chi connectivity index (χ3v) is 1.59. The standard InChI is InChI=1S/C5H9Br/c1-3-5(2)4-6/h3H,4H2,1-2H3. The maximum Gasteiger partial charge on any atom is 0.0238 e. The quantitative estimate of drug-likeness (QED) is 0.396. The first-order chi connectivity index (χ1) is 2.81. The van der Waals surface area contributed by atoms with E-state index in [0.29, 0.717) is 0 Å². The molecule has 1 heteroatoms. The predicted octanol–water partition coefficient (Wildman–Crippen LogP) is 2.35. The molecule has 0 amide bonds. The summed E-state index contributed by atoms with van der Waals surface area (Å²) < 4.78 is 0. The van der Waals surface area contributed by atoms with Crippen LogP contribution in [0, 0.1) is 0 Å². The summed E-state index contributed by atoms with van der Waals surface area (Å²) >= 11 is 3.31. The largest absolute Gasteiger partial charge is 0.0880 e. The molecule has 0 N–H and O–H groups in total. The second-order valence-corrected chi connectivity index (χ2v) is 1.83. The summed E-state index contributed by atoms with van der Waals surface area (Å²) in [6.07, 6.45) is 2.09. The number of allylic oxidation sites excluding steroid dienone is 2. The van der Waals surface area contributed by atoms with Crippen molar-refractivity contribution in [3.63, 3.8) is 0 Å². The van der Waals surface area contributed by atoms with Gasteiger partial charge in [0.1, 0.15) is 0 Å². The highest BCUT2D eigenvalue weighted by Crippen LogP contribution is 1.94. The summed E-state index contributed by atoms with van der Waals surface area (Å²) in [4.78, 5) is 0. The van der Waals surface area contributed by atoms with Gasteiger partial charge in [0.2, 0.25) is 0 Å². The summed E-state index contributed by atoms with van der Waals surface area (Å²) in [5, 5.41) is 1.00. The molecule has 0 radical (unpaired) electrons. The van der Waals surface area contributed by atoms with E-state index in [4.69, 9.17) is 0 Å². The van der Waals surface area contributed by atoms with Gasteiger partial charge in [0.25, 0.3) is 0 Å². The molecule has 0 bridgehead atoms. The lowest BCUT2D eigenvalue weighted by atomic mass is 10.3. The van der Waals surface area contributed by atoms with E-state index in [2.05, 4.69) is 28.9 Å². The zero-order valence-corrected chi connectivity index (χ0v) is 5.75. The average molecular weight is 149 g/mol. The molecule has 0 unspecified atom stereocenters. The first kappa shape index (κ1) is 6.22. The first-order valence-corrected chi connectivity index (χ1v) is 3.11. The maximum absolute atomic E-state index is 3.31. The van der Waals surface area contributed by atoms with Crippen molar-refractivity contribution in [3.8, 4) is 0 Å². The van der Waals surface area contributed by atoms with E-state index in [1.165, 1.54) is 5.57 Å². The molecule has 0 spiro atoms. The van der Waals surface area contributed by atoms with Crippen molar-refractivity contribution in [2.45, 2.75) is 13.8 Å². The molecular formula is C5H9Br. The molecule has 0 nitrogen and oxygen atoms in total. The first-order valence-electron chi connectivity index (χ1n) is 1.99. The van der Waals surface area contributed by atoms with Crippen LogP contribution in [0.25, 0.3) is 0 Å². The molecule has 0 aliphatic heterocycles. The number of hydrogen-bond acceptors (Lipinski definition) is 0. The lowest BCUT2D eigenvalue weighted by Gasteiger charge is -1.83. The molecular weight excluding hydrogens is 140 g/mol. The van der Waals surface area contributed by atoms with E-state index in [0.717, 1.165) is 5.33 Å². The zero-order chi connectivity index (χ0) is 4.99. The van der Waals surface area contributed by atoms with Gasteiger partial charge in [0, 0.05) is 5.33 Å². The minimum atomic E-state index is 1.00. The molecule has 0 fully saturated rings. The third kappa shape index (κ3) is 2.46. The summed E-state index contributed by atoms with van der Waals surface area (Å²) in [5.74, 6) is 0. The van der Waals surface area contributed by atoms with Gasteiger partial charge in [0.15, 0.2) is 0 Å². The summed E-state index contributed by atoms with van der Waals surface area (Å²) in [6, 6.07) is 0. The van der Waals surface area contributed by atoms with Crippen molar-refractivity contribution < 1.29 is 0 Å². The summed E-state index contributed by atoms with van der Waals surface area (Å²) in [5.41, 5.74) is 1.38. The van der Waals surface area contributed by atoms with Gasteiger partial charge >= 0.3 is 0 Å². The molecule has 0 saturated carbocycles. The number of rotatable bonds is 1. The van der Waals surface area contributed by atoms with E-state index in [-0.39, 0.29) is 0 Å². The lowest BCUT2D eigenvalue weighted by molar-refractivity contribution is 1.39. The van der Waals surface area contributed by atoms with Crippen LogP contribution in [0.3, 0.4) is 0 Å². The Morgan fingerprint density at radius 3 is 2.33 bits per heavy atom. The van der Waals surface area contributed by atoms with Crippen LogP contribution in [0.1, 0.15) is 13.8 Å². The van der Waals surface area contributed by atoms with Crippen LogP contribution in [0.5, 0.6) is 0 Å². The van der Waals surface area contributed by atoms with Gasteiger partial charge < -0.3 is 0 Å². The van der Waals surface area contributed by atoms with E-state index in [9.17, 15) is 0 Å². The van der Waals surface area contributed by atoms with E-state index in [1.807, 2.05) is 6.92 Å². The van der Waals surface area contributed by atoms with Crippen molar-refractivity contribution in [2.24, 2.45) is 0 Å². The Balaban J connectivity index is 3.22. The van der Waals surface area contributed by atoms with Crippen molar-refractivity contribution in [1.82, 2.24) is 0 Å². The van der Waals surface area contributed by atoms with Crippen LogP contribution < -0.4 is 0 Å². The number of hydrogen-bond donors (Lipinski definition) is 0. The van der Waals surface area contributed by atoms with Gasteiger partial charge in [-0.1, -0.05) is 27.6 Å². The van der Waals surface area contributed by atoms with Gasteiger partial charge in [-0.2, -0.15) is 0 Å². The Labute approximate surface area is 47.4 Å². The van der Waals surface area contributed by atoms with Crippen molar-refractivity contribution in [3.05, 3.63) is 11.6 Å². The maximum atomic E-state index is 3.31. The highest BCUT2D eigenvalue weighted by molar-refractivity contribution is 9.09. The Morgan fingerprint density at radius 2 is 2.33 bits per heavy atom. The van der Waals surface area contributed by atoms with Crippen LogP contribution in [0.2, 0.25) is 0 Å². The van der Waals surface area contributed by atoms with E-state index < -0.39 is 0 Å². The summed E-state index contributed by atoms with van der Waals surface area (Å²) in [6.45, 7) is 4.13. The normalized spacial score (nSPS) is 12.2. The fraction of sp³-hybridized carbons (Fsp3) is 0.600. The molecule has 0 aliphatic carbocycles. The van der Waals surface area contributed by atoms with Crippen molar-refractivity contribution >= 4 is 15.9 Å². The predicted molar refractivity (Wildman–Crippen MR) is 33.2 cm³/mol. The van der Waals surface area contributed by atoms with Gasteiger partial charge in [-0.15, -0.1) is 0 Å². The van der Waals surface area contributed by atoms with Crippen molar-refractivity contribution in [1.29, 1.82) is 0 Å². The minimum Gasteiger partial charge on any atom is -0.0880 e. The van der Waals surface area contributed by atoms with Crippen LogP contribution in [-0.4, -0.2) is 5.33 Å². The van der Waals surface area contributed by atoms with Crippen LogP contribution in [0.15, 0.2) is 11.6 Å². The molecule has 6 heavy (non-hydrogen) atoms. The molecule has 0 aromatic carbocycles. The number of alkyl halides is 1. The third-order valence-electron chi connectivity index (χ3n) is 0.704. The Morgan fingerprint density at radius 1 is 1.83 bits per heavy atom. The Kier molecular flexibility index (Phi) is 3.54. The van der Waals surface area contributed by atoms with Crippen LogP contribution in [0.4, 0.5) is 0 Å². The molecule has 0 aliphatic rings. The fourth-order valence-corrected chi connectivity index (χ4v) is 0.401. The molecule has 0 aromatic heterocycles. The molecule has 0 atom stereocenters. The van der Waals surface area contributed by atoms with Gasteiger partial charge in [-0.25, -0.2) is 0 Å². The highest BCUT2D eigenvalue weighted by atomic mass is 79.9. The monoisotopic (exact) mass is 148 g/mol. The Hall–Kier alpha value is 0.220. The van der Waals surface area contributed by atoms with E-state index in [1.54, 1.807) is 0 Å². The van der Waals surface area contributed by atoms with E-state index >= 15 is 0 Å². The highest BCUT2D eigenvalue weighted by Gasteiger charge is 1.74. The number of halogens is 1. The van der Waals surface area contributed by atoms with Crippen LogP contribution in [-0.2, 0) is 0 Å². The molecule has 0 rings (SSSR count). The summed E-state index contributed by atoms with van der Waals surface area (Å²) in [7, 11) is 0. The second kappa shape index (κ2) is 3.41. The zero-order valence-electron chi connectivity index (χ0n) is 4.16. The molecule has 0 aromatic rings. The van der Waals surface area contributed by atoms with Gasteiger partial charge in [-0.3, -0.25) is 0 Å². The average Bonchev–Trinajstić information content (AvgIpc) is 1.65.